The number of likely N-dealkylation sites (tertiary alicyclic amines) is 2. The van der Waals surface area contributed by atoms with Gasteiger partial charge in [0, 0.05) is 39.3 Å². The predicted octanol–water partition coefficient (Wildman–Crippen LogP) is 3.78. The summed E-state index contributed by atoms with van der Waals surface area (Å²) in [6, 6.07) is 18.5. The largest absolute Gasteiger partial charge is 0.381 e. The van der Waals surface area contributed by atoms with Gasteiger partial charge in [0.2, 0.25) is 5.91 Å². The van der Waals surface area contributed by atoms with Gasteiger partial charge in [0.15, 0.2) is 0 Å². The van der Waals surface area contributed by atoms with E-state index in [0.29, 0.717) is 30.6 Å². The minimum absolute atomic E-state index is 0.0131. The molecule has 0 saturated carbocycles. The second kappa shape index (κ2) is 11.6. The molecule has 2 amide bonds. The summed E-state index contributed by atoms with van der Waals surface area (Å²) in [5, 5.41) is 7.83. The van der Waals surface area contributed by atoms with Crippen LogP contribution in [0.5, 0.6) is 0 Å². The van der Waals surface area contributed by atoms with Crippen LogP contribution in [0.3, 0.4) is 0 Å². The molecule has 0 spiro atoms. The summed E-state index contributed by atoms with van der Waals surface area (Å²) >= 11 is 0. The van der Waals surface area contributed by atoms with Crippen LogP contribution in [0.1, 0.15) is 46.1 Å². The van der Waals surface area contributed by atoms with Gasteiger partial charge in [-0.15, -0.1) is 0 Å². The lowest BCUT2D eigenvalue weighted by Gasteiger charge is -2.25. The van der Waals surface area contributed by atoms with E-state index in [0.717, 1.165) is 62.5 Å². The molecular formula is C32H39N5O3. The Morgan fingerprint density at radius 3 is 2.40 bits per heavy atom. The van der Waals surface area contributed by atoms with Crippen molar-refractivity contribution in [1.82, 2.24) is 24.9 Å². The highest BCUT2D eigenvalue weighted by molar-refractivity contribution is 5.95. The number of ether oxygens (including phenoxy) is 1. The van der Waals surface area contributed by atoms with Crippen molar-refractivity contribution in [2.45, 2.75) is 32.7 Å². The maximum atomic E-state index is 13.5. The first kappa shape index (κ1) is 26.7. The molecule has 0 bridgehead atoms. The van der Waals surface area contributed by atoms with Crippen molar-refractivity contribution in [2.24, 2.45) is 17.8 Å². The molecule has 8 heteroatoms. The zero-order chi connectivity index (χ0) is 27.6. The highest BCUT2D eigenvalue weighted by atomic mass is 16.5. The Morgan fingerprint density at radius 2 is 1.73 bits per heavy atom. The van der Waals surface area contributed by atoms with Crippen LogP contribution in [0.25, 0.3) is 5.69 Å². The van der Waals surface area contributed by atoms with E-state index in [1.165, 1.54) is 5.56 Å². The number of carbonyl (C=O) groups excluding carboxylic acids is 2. The fourth-order valence-corrected chi connectivity index (χ4v) is 6.52. The standard InChI is InChI=1S/C32H39N5O3/c1-22-8-10-28(11-9-22)37-23(2)29(16-33-37)32(39)36-19-26-17-35(18-27(26)20-36)14-12-30(24-6-4-3-5-7-24)34-31(38)25-13-15-40-21-25/h3-11,16,25-27,30H,12-15,17-21H2,1-2H3,(H,34,38)/t25?,26-,27?,30?/m0/s1. The Morgan fingerprint density at radius 1 is 1.00 bits per heavy atom. The van der Waals surface area contributed by atoms with Gasteiger partial charge >= 0.3 is 0 Å². The van der Waals surface area contributed by atoms with Crippen molar-refractivity contribution >= 4 is 11.8 Å². The summed E-state index contributed by atoms with van der Waals surface area (Å²) in [6.07, 6.45) is 3.38. The Hall–Kier alpha value is -3.49. The lowest BCUT2D eigenvalue weighted by Crippen LogP contribution is -2.37. The van der Waals surface area contributed by atoms with Crippen molar-refractivity contribution in [3.63, 3.8) is 0 Å². The van der Waals surface area contributed by atoms with Crippen LogP contribution in [-0.4, -0.2) is 77.3 Å². The van der Waals surface area contributed by atoms with E-state index >= 15 is 0 Å². The highest BCUT2D eigenvalue weighted by Gasteiger charge is 2.42. The van der Waals surface area contributed by atoms with Crippen molar-refractivity contribution in [1.29, 1.82) is 0 Å². The number of amides is 2. The summed E-state index contributed by atoms with van der Waals surface area (Å²) in [5.74, 6) is 1.10. The van der Waals surface area contributed by atoms with Gasteiger partial charge in [0.25, 0.3) is 5.91 Å². The Labute approximate surface area is 236 Å². The molecule has 2 aromatic carbocycles. The van der Waals surface area contributed by atoms with Crippen LogP contribution in [0, 0.1) is 31.6 Å². The average molecular weight is 542 g/mol. The monoisotopic (exact) mass is 541 g/mol. The number of nitrogens with zero attached hydrogens (tertiary/aromatic N) is 4. The smallest absolute Gasteiger partial charge is 0.257 e. The molecule has 0 aliphatic carbocycles. The van der Waals surface area contributed by atoms with Crippen LogP contribution in [0.4, 0.5) is 0 Å². The first-order chi connectivity index (χ1) is 19.5. The number of rotatable bonds is 8. The Kier molecular flexibility index (Phi) is 7.71. The van der Waals surface area contributed by atoms with Crippen LogP contribution in [0.2, 0.25) is 0 Å². The summed E-state index contributed by atoms with van der Waals surface area (Å²) in [6.45, 7) is 9.69. The van der Waals surface area contributed by atoms with Crippen LogP contribution in [0.15, 0.2) is 60.8 Å². The molecule has 210 valence electrons. The lowest BCUT2D eigenvalue weighted by molar-refractivity contribution is -0.125. The number of nitrogens with one attached hydrogen (secondary N) is 1. The lowest BCUT2D eigenvalue weighted by atomic mass is 10.0. The van der Waals surface area contributed by atoms with E-state index in [1.54, 1.807) is 6.20 Å². The quantitative estimate of drug-likeness (QED) is 0.470. The summed E-state index contributed by atoms with van der Waals surface area (Å²) < 4.78 is 7.29. The van der Waals surface area contributed by atoms with Gasteiger partial charge in [-0.1, -0.05) is 48.0 Å². The topological polar surface area (TPSA) is 79.7 Å². The normalized spacial score (nSPS) is 23.4. The molecule has 3 aliphatic heterocycles. The number of aryl methyl sites for hydroxylation is 1. The molecule has 0 radical (unpaired) electrons. The van der Waals surface area contributed by atoms with Crippen molar-refractivity contribution < 1.29 is 14.3 Å². The third-order valence-electron chi connectivity index (χ3n) is 8.92. The molecule has 1 N–H and O–H groups in total. The van der Waals surface area contributed by atoms with Crippen LogP contribution < -0.4 is 5.32 Å². The minimum Gasteiger partial charge on any atom is -0.381 e. The van der Waals surface area contributed by atoms with Crippen LogP contribution >= 0.6 is 0 Å². The fourth-order valence-electron chi connectivity index (χ4n) is 6.52. The molecule has 40 heavy (non-hydrogen) atoms. The summed E-state index contributed by atoms with van der Waals surface area (Å²) in [7, 11) is 0. The number of fused-ring (bicyclic) bond motifs is 1. The fraction of sp³-hybridized carbons (Fsp3) is 0.469. The first-order valence-corrected chi connectivity index (χ1v) is 14.5. The van der Waals surface area contributed by atoms with Gasteiger partial charge in [-0.05, 0) is 56.2 Å². The van der Waals surface area contributed by atoms with Gasteiger partial charge < -0.3 is 19.9 Å². The van der Waals surface area contributed by atoms with Gasteiger partial charge in [-0.3, -0.25) is 9.59 Å². The molecule has 8 nitrogen and oxygen atoms in total. The third-order valence-corrected chi connectivity index (χ3v) is 8.92. The van der Waals surface area contributed by atoms with Gasteiger partial charge in [-0.25, -0.2) is 4.68 Å². The second-order valence-corrected chi connectivity index (χ2v) is 11.7. The van der Waals surface area contributed by atoms with E-state index in [-0.39, 0.29) is 23.8 Å². The predicted molar refractivity (Wildman–Crippen MR) is 153 cm³/mol. The summed E-state index contributed by atoms with van der Waals surface area (Å²) in [5.41, 5.74) is 4.88. The molecule has 3 fully saturated rings. The molecular weight excluding hydrogens is 502 g/mol. The average Bonchev–Trinajstić information content (AvgIpc) is 3.76. The third kappa shape index (κ3) is 5.56. The van der Waals surface area contributed by atoms with Crippen LogP contribution in [-0.2, 0) is 9.53 Å². The molecule has 6 rings (SSSR count). The maximum absolute atomic E-state index is 13.5. The number of benzene rings is 2. The van der Waals surface area contributed by atoms with Gasteiger partial charge in [-0.2, -0.15) is 5.10 Å². The number of aromatic nitrogens is 2. The summed E-state index contributed by atoms with van der Waals surface area (Å²) in [4.78, 5) is 30.9. The SMILES string of the molecule is Cc1ccc(-n2ncc(C(=O)N3CC4CN(CCC(NC(=O)C5CCOC5)c5ccccc5)C[C@H]4C3)c2C)cc1. The zero-order valence-electron chi connectivity index (χ0n) is 23.5. The van der Waals surface area contributed by atoms with Gasteiger partial charge in [0.05, 0.1) is 41.7 Å². The molecule has 3 saturated heterocycles. The zero-order valence-corrected chi connectivity index (χ0v) is 23.5. The van der Waals surface area contributed by atoms with E-state index in [2.05, 4.69) is 46.5 Å². The van der Waals surface area contributed by atoms with Crippen molar-refractivity contribution in [3.8, 4) is 5.69 Å². The minimum atomic E-state index is -0.0477. The highest BCUT2D eigenvalue weighted by Crippen LogP contribution is 2.33. The Balaban J connectivity index is 1.04. The second-order valence-electron chi connectivity index (χ2n) is 11.7. The Bertz CT molecular complexity index is 1320. The first-order valence-electron chi connectivity index (χ1n) is 14.5. The molecule has 4 atom stereocenters. The van der Waals surface area contributed by atoms with Crippen molar-refractivity contribution in [3.05, 3.63) is 83.2 Å². The van der Waals surface area contributed by atoms with Gasteiger partial charge in [0.1, 0.15) is 0 Å². The van der Waals surface area contributed by atoms with E-state index in [1.807, 2.05) is 46.8 Å². The molecule has 3 unspecified atom stereocenters. The van der Waals surface area contributed by atoms with E-state index in [9.17, 15) is 9.59 Å². The van der Waals surface area contributed by atoms with Crippen molar-refractivity contribution in [2.75, 3.05) is 45.9 Å². The molecule has 3 aliphatic rings. The maximum Gasteiger partial charge on any atom is 0.257 e. The van der Waals surface area contributed by atoms with E-state index in [4.69, 9.17) is 4.74 Å². The van der Waals surface area contributed by atoms with E-state index < -0.39 is 0 Å². The molecule has 3 aromatic rings. The number of carbonyl (C=O) groups is 2. The number of hydrogen-bond acceptors (Lipinski definition) is 5. The molecule has 1 aromatic heterocycles. The molecule has 4 heterocycles. The number of hydrogen-bond donors (Lipinski definition) is 1.